The van der Waals surface area contributed by atoms with Crippen LogP contribution in [0.2, 0.25) is 0 Å². The Morgan fingerprint density at radius 2 is 1.89 bits per heavy atom. The van der Waals surface area contributed by atoms with E-state index >= 15 is 0 Å². The third kappa shape index (κ3) is 3.31. The molecule has 1 N–H and O–H groups in total. The lowest BCUT2D eigenvalue weighted by molar-refractivity contribution is -0.152. The first kappa shape index (κ1) is 14.8. The van der Waals surface area contributed by atoms with Crippen molar-refractivity contribution in [1.29, 1.82) is 0 Å². The van der Waals surface area contributed by atoms with Crippen molar-refractivity contribution in [3.63, 3.8) is 0 Å². The number of aliphatic carboxylic acids is 1. The molecule has 1 heterocycles. The minimum absolute atomic E-state index is 0.521. The molecule has 0 spiro atoms. The highest BCUT2D eigenvalue weighted by atomic mass is 16.4. The quantitative estimate of drug-likeness (QED) is 0.852. The first-order chi connectivity index (χ1) is 8.92. The van der Waals surface area contributed by atoms with Crippen LogP contribution in [0, 0.1) is 17.3 Å². The molecular formula is C16H29NO2. The Morgan fingerprint density at radius 3 is 2.42 bits per heavy atom. The van der Waals surface area contributed by atoms with E-state index in [4.69, 9.17) is 0 Å². The second-order valence-corrected chi connectivity index (χ2v) is 7.25. The number of carboxylic acid groups (broad SMARTS) is 1. The molecule has 3 nitrogen and oxygen atoms in total. The zero-order valence-electron chi connectivity index (χ0n) is 12.7. The van der Waals surface area contributed by atoms with Crippen molar-refractivity contribution in [2.24, 2.45) is 17.3 Å². The lowest BCUT2D eigenvalue weighted by atomic mass is 9.77. The van der Waals surface area contributed by atoms with Crippen molar-refractivity contribution >= 4 is 5.97 Å². The molecule has 0 aromatic rings. The fraction of sp³-hybridized carbons (Fsp3) is 0.938. The van der Waals surface area contributed by atoms with Gasteiger partial charge in [-0.1, -0.05) is 13.8 Å². The van der Waals surface area contributed by atoms with Crippen LogP contribution in [0.1, 0.15) is 59.3 Å². The molecule has 1 saturated carbocycles. The van der Waals surface area contributed by atoms with Crippen molar-refractivity contribution < 1.29 is 9.90 Å². The van der Waals surface area contributed by atoms with E-state index in [1.54, 1.807) is 0 Å². The summed E-state index contributed by atoms with van der Waals surface area (Å²) in [5.41, 5.74) is -0.521. The van der Waals surface area contributed by atoms with E-state index in [1.807, 2.05) is 6.92 Å². The van der Waals surface area contributed by atoms with Crippen molar-refractivity contribution in [1.82, 2.24) is 4.90 Å². The Balaban J connectivity index is 1.91. The molecule has 0 radical (unpaired) electrons. The highest BCUT2D eigenvalue weighted by Crippen LogP contribution is 2.36. The van der Waals surface area contributed by atoms with Crippen LogP contribution in [0.25, 0.3) is 0 Å². The second-order valence-electron chi connectivity index (χ2n) is 7.25. The Bertz CT molecular complexity index is 321. The maximum absolute atomic E-state index is 11.4. The average molecular weight is 267 g/mol. The molecule has 19 heavy (non-hydrogen) atoms. The van der Waals surface area contributed by atoms with Gasteiger partial charge in [-0.2, -0.15) is 0 Å². The predicted molar refractivity (Wildman–Crippen MR) is 77.1 cm³/mol. The Morgan fingerprint density at radius 1 is 1.26 bits per heavy atom. The SMILES string of the molecule is CC(C)C1CCC(N2CCCC(C)(C(=O)O)C2)CC1. The van der Waals surface area contributed by atoms with Crippen molar-refractivity contribution in [3.8, 4) is 0 Å². The molecule has 1 saturated heterocycles. The fourth-order valence-corrected chi connectivity index (χ4v) is 3.90. The van der Waals surface area contributed by atoms with E-state index in [0.717, 1.165) is 37.8 Å². The van der Waals surface area contributed by atoms with Gasteiger partial charge in [0.25, 0.3) is 0 Å². The molecule has 2 aliphatic rings. The van der Waals surface area contributed by atoms with Crippen LogP contribution in [0.3, 0.4) is 0 Å². The number of likely N-dealkylation sites (tertiary alicyclic amines) is 1. The number of carbonyl (C=O) groups is 1. The molecule has 0 aromatic carbocycles. The van der Waals surface area contributed by atoms with Crippen LogP contribution in [0.15, 0.2) is 0 Å². The van der Waals surface area contributed by atoms with Gasteiger partial charge in [-0.05, 0) is 63.8 Å². The van der Waals surface area contributed by atoms with Gasteiger partial charge in [0.15, 0.2) is 0 Å². The summed E-state index contributed by atoms with van der Waals surface area (Å²) >= 11 is 0. The minimum atomic E-state index is -0.618. The second kappa shape index (κ2) is 5.82. The lowest BCUT2D eigenvalue weighted by Crippen LogP contribution is -2.50. The first-order valence-electron chi connectivity index (χ1n) is 7.90. The third-order valence-electron chi connectivity index (χ3n) is 5.44. The third-order valence-corrected chi connectivity index (χ3v) is 5.44. The smallest absolute Gasteiger partial charge is 0.310 e. The van der Waals surface area contributed by atoms with Crippen molar-refractivity contribution in [2.75, 3.05) is 13.1 Å². The maximum Gasteiger partial charge on any atom is 0.310 e. The summed E-state index contributed by atoms with van der Waals surface area (Å²) in [5, 5.41) is 9.40. The Labute approximate surface area is 117 Å². The van der Waals surface area contributed by atoms with Crippen molar-refractivity contribution in [2.45, 2.75) is 65.3 Å². The molecule has 110 valence electrons. The number of hydrogen-bond acceptors (Lipinski definition) is 2. The molecule has 3 heteroatoms. The average Bonchev–Trinajstić information content (AvgIpc) is 2.39. The van der Waals surface area contributed by atoms with Gasteiger partial charge in [0.1, 0.15) is 0 Å². The van der Waals surface area contributed by atoms with E-state index in [1.165, 1.54) is 25.7 Å². The summed E-state index contributed by atoms with van der Waals surface area (Å²) in [5.74, 6) is 1.06. The summed E-state index contributed by atoms with van der Waals surface area (Å²) in [6.07, 6.45) is 7.04. The van der Waals surface area contributed by atoms with E-state index in [2.05, 4.69) is 18.7 Å². The van der Waals surface area contributed by atoms with Crippen molar-refractivity contribution in [3.05, 3.63) is 0 Å². The van der Waals surface area contributed by atoms with Gasteiger partial charge in [-0.15, -0.1) is 0 Å². The molecule has 1 aliphatic carbocycles. The van der Waals surface area contributed by atoms with E-state index in [-0.39, 0.29) is 0 Å². The van der Waals surface area contributed by atoms with Gasteiger partial charge >= 0.3 is 5.97 Å². The molecular weight excluding hydrogens is 238 g/mol. The topological polar surface area (TPSA) is 40.5 Å². The molecule has 2 rings (SSSR count). The zero-order chi connectivity index (χ0) is 14.0. The van der Waals surface area contributed by atoms with Gasteiger partial charge in [0.2, 0.25) is 0 Å². The van der Waals surface area contributed by atoms with Crippen LogP contribution < -0.4 is 0 Å². The summed E-state index contributed by atoms with van der Waals surface area (Å²) in [6.45, 7) is 8.42. The minimum Gasteiger partial charge on any atom is -0.481 e. The number of nitrogens with zero attached hydrogens (tertiary/aromatic N) is 1. The summed E-state index contributed by atoms with van der Waals surface area (Å²) < 4.78 is 0. The van der Waals surface area contributed by atoms with Crippen LogP contribution in [-0.2, 0) is 4.79 Å². The Hall–Kier alpha value is -0.570. The van der Waals surface area contributed by atoms with Crippen LogP contribution in [-0.4, -0.2) is 35.1 Å². The number of hydrogen-bond donors (Lipinski definition) is 1. The first-order valence-corrected chi connectivity index (χ1v) is 7.90. The van der Waals surface area contributed by atoms with Crippen LogP contribution >= 0.6 is 0 Å². The van der Waals surface area contributed by atoms with Gasteiger partial charge < -0.3 is 5.11 Å². The number of rotatable bonds is 3. The van der Waals surface area contributed by atoms with E-state index < -0.39 is 11.4 Å². The predicted octanol–water partition coefficient (Wildman–Crippen LogP) is 3.39. The van der Waals surface area contributed by atoms with Gasteiger partial charge in [0, 0.05) is 12.6 Å². The molecule has 0 aromatic heterocycles. The van der Waals surface area contributed by atoms with Crippen LogP contribution in [0.5, 0.6) is 0 Å². The Kier molecular flexibility index (Phi) is 4.54. The molecule has 1 aliphatic heterocycles. The molecule has 0 bridgehead atoms. The van der Waals surface area contributed by atoms with Crippen LogP contribution in [0.4, 0.5) is 0 Å². The van der Waals surface area contributed by atoms with E-state index in [9.17, 15) is 9.90 Å². The van der Waals surface area contributed by atoms with Gasteiger partial charge in [-0.25, -0.2) is 0 Å². The summed E-state index contributed by atoms with van der Waals surface area (Å²) in [6, 6.07) is 0.633. The van der Waals surface area contributed by atoms with Gasteiger partial charge in [-0.3, -0.25) is 9.69 Å². The normalized spacial score (nSPS) is 37.5. The summed E-state index contributed by atoms with van der Waals surface area (Å²) in [4.78, 5) is 13.9. The standard InChI is InChI=1S/C16H29NO2/c1-12(2)13-5-7-14(8-6-13)17-10-4-9-16(3,11-17)15(18)19/h12-14H,4-11H2,1-3H3,(H,18,19). The molecule has 0 amide bonds. The fourth-order valence-electron chi connectivity index (χ4n) is 3.90. The largest absolute Gasteiger partial charge is 0.481 e. The number of piperidine rings is 1. The monoisotopic (exact) mass is 267 g/mol. The molecule has 1 unspecified atom stereocenters. The van der Waals surface area contributed by atoms with Gasteiger partial charge in [0.05, 0.1) is 5.41 Å². The molecule has 2 fully saturated rings. The van der Waals surface area contributed by atoms with E-state index in [0.29, 0.717) is 6.04 Å². The highest BCUT2D eigenvalue weighted by Gasteiger charge is 2.40. The molecule has 1 atom stereocenters. The summed E-state index contributed by atoms with van der Waals surface area (Å²) in [7, 11) is 0. The highest BCUT2D eigenvalue weighted by molar-refractivity contribution is 5.74. The zero-order valence-corrected chi connectivity index (χ0v) is 12.7. The number of carboxylic acids is 1. The maximum atomic E-state index is 11.4. The lowest BCUT2D eigenvalue weighted by Gasteiger charge is -2.44.